The number of likely N-dealkylation sites (N-methyl/N-ethyl adjacent to an activating group) is 1. The average molecular weight is 86.1 g/mol. The Morgan fingerprint density at radius 3 is 2.33 bits per heavy atom. The van der Waals surface area contributed by atoms with E-state index in [2.05, 4.69) is 5.32 Å². The van der Waals surface area contributed by atoms with Crippen LogP contribution in [0.5, 0.6) is 0 Å². The lowest BCUT2D eigenvalue weighted by Gasteiger charge is -1.92. The molecular formula is C4H8NO. The summed E-state index contributed by atoms with van der Waals surface area (Å²) in [5.41, 5.74) is 0. The van der Waals surface area contributed by atoms with Gasteiger partial charge in [0, 0.05) is 0 Å². The molecule has 0 spiro atoms. The molecule has 1 N–H and O–H groups in total. The lowest BCUT2D eigenvalue weighted by molar-refractivity contribution is 0.535. The molecule has 0 aromatic heterocycles. The molecular weight excluding hydrogens is 78.0 g/mol. The first-order valence-electron chi connectivity index (χ1n) is 1.86. The van der Waals surface area contributed by atoms with E-state index in [1.165, 1.54) is 0 Å². The molecule has 1 radical (unpaired) electrons. The molecule has 6 heavy (non-hydrogen) atoms. The SMILES string of the molecule is CN[C@@H](C)[C]=O. The van der Waals surface area contributed by atoms with Crippen molar-refractivity contribution in [3.8, 4) is 0 Å². The molecule has 1 atom stereocenters. The maximum atomic E-state index is 9.55. The first kappa shape index (κ1) is 5.63. The van der Waals surface area contributed by atoms with Crippen molar-refractivity contribution in [2.24, 2.45) is 0 Å². The second-order valence-corrected chi connectivity index (χ2v) is 1.13. The molecule has 0 bridgehead atoms. The van der Waals surface area contributed by atoms with Crippen LogP contribution in [0.1, 0.15) is 6.92 Å². The molecule has 0 aliphatic heterocycles. The summed E-state index contributed by atoms with van der Waals surface area (Å²) >= 11 is 0. The monoisotopic (exact) mass is 86.1 g/mol. The Bertz CT molecular complexity index is 44.8. The van der Waals surface area contributed by atoms with E-state index in [1.807, 2.05) is 0 Å². The normalized spacial score (nSPS) is 13.7. The number of rotatable bonds is 2. The van der Waals surface area contributed by atoms with Gasteiger partial charge in [0.05, 0.1) is 6.04 Å². The van der Waals surface area contributed by atoms with Gasteiger partial charge in [-0.15, -0.1) is 0 Å². The third-order valence-corrected chi connectivity index (χ3v) is 0.610. The van der Waals surface area contributed by atoms with Crippen LogP contribution in [0.2, 0.25) is 0 Å². The quantitative estimate of drug-likeness (QED) is 0.500. The van der Waals surface area contributed by atoms with Crippen molar-refractivity contribution in [1.82, 2.24) is 5.32 Å². The minimum absolute atomic E-state index is 0.120. The fourth-order valence-corrected chi connectivity index (χ4v) is 0.0589. The van der Waals surface area contributed by atoms with Gasteiger partial charge < -0.3 is 5.32 Å². The summed E-state index contributed by atoms with van der Waals surface area (Å²) in [6.07, 6.45) is 1.75. The number of hydrogen-bond donors (Lipinski definition) is 1. The molecule has 0 fully saturated rings. The van der Waals surface area contributed by atoms with Gasteiger partial charge in [-0.2, -0.15) is 0 Å². The molecule has 0 unspecified atom stereocenters. The van der Waals surface area contributed by atoms with Gasteiger partial charge in [0.25, 0.3) is 0 Å². The van der Waals surface area contributed by atoms with Crippen molar-refractivity contribution in [3.63, 3.8) is 0 Å². The second-order valence-electron chi connectivity index (χ2n) is 1.13. The fraction of sp³-hybridized carbons (Fsp3) is 0.750. The van der Waals surface area contributed by atoms with Crippen LogP contribution in [0.3, 0.4) is 0 Å². The fourth-order valence-electron chi connectivity index (χ4n) is 0.0589. The molecule has 0 rings (SSSR count). The molecule has 2 nitrogen and oxygen atoms in total. The van der Waals surface area contributed by atoms with E-state index in [9.17, 15) is 4.79 Å². The highest BCUT2D eigenvalue weighted by atomic mass is 16.1. The molecule has 0 aromatic rings. The molecule has 0 aliphatic carbocycles. The van der Waals surface area contributed by atoms with E-state index in [1.54, 1.807) is 20.3 Å². The van der Waals surface area contributed by atoms with E-state index in [-0.39, 0.29) is 6.04 Å². The van der Waals surface area contributed by atoms with Gasteiger partial charge in [-0.1, -0.05) is 0 Å². The van der Waals surface area contributed by atoms with Crippen LogP contribution < -0.4 is 5.32 Å². The Kier molecular flexibility index (Phi) is 2.67. The summed E-state index contributed by atoms with van der Waals surface area (Å²) in [5.74, 6) is 0. The predicted molar refractivity (Wildman–Crippen MR) is 24.2 cm³/mol. The van der Waals surface area contributed by atoms with Crippen molar-refractivity contribution in [2.45, 2.75) is 13.0 Å². The molecule has 2 heteroatoms. The van der Waals surface area contributed by atoms with Crippen LogP contribution in [-0.2, 0) is 4.79 Å². The average Bonchev–Trinajstić information content (AvgIpc) is 1.65. The summed E-state index contributed by atoms with van der Waals surface area (Å²) in [6, 6.07) is -0.120. The second kappa shape index (κ2) is 2.85. The molecule has 0 aromatic carbocycles. The van der Waals surface area contributed by atoms with Crippen molar-refractivity contribution >= 4 is 6.29 Å². The lowest BCUT2D eigenvalue weighted by atomic mass is 10.4. The number of carbonyl (C=O) groups excluding carboxylic acids is 1. The molecule has 0 aliphatic rings. The summed E-state index contributed by atoms with van der Waals surface area (Å²) in [4.78, 5) is 9.55. The summed E-state index contributed by atoms with van der Waals surface area (Å²) in [7, 11) is 1.72. The van der Waals surface area contributed by atoms with Crippen LogP contribution in [0.15, 0.2) is 0 Å². The molecule has 0 amide bonds. The topological polar surface area (TPSA) is 29.1 Å². The van der Waals surface area contributed by atoms with E-state index in [0.717, 1.165) is 0 Å². The van der Waals surface area contributed by atoms with Crippen LogP contribution in [0, 0.1) is 0 Å². The standard InChI is InChI=1S/C4H8NO/c1-4(3-6)5-2/h4-5H,1-2H3/t4-/m0/s1. The molecule has 0 saturated carbocycles. The Morgan fingerprint density at radius 2 is 2.33 bits per heavy atom. The molecule has 0 saturated heterocycles. The Labute approximate surface area is 37.5 Å². The number of hydrogen-bond acceptors (Lipinski definition) is 2. The third kappa shape index (κ3) is 1.91. The highest BCUT2D eigenvalue weighted by Gasteiger charge is 1.89. The van der Waals surface area contributed by atoms with E-state index >= 15 is 0 Å². The maximum Gasteiger partial charge on any atom is 0.216 e. The van der Waals surface area contributed by atoms with Crippen LogP contribution in [0.25, 0.3) is 0 Å². The van der Waals surface area contributed by atoms with E-state index in [0.29, 0.717) is 0 Å². The van der Waals surface area contributed by atoms with Crippen molar-refractivity contribution in [1.29, 1.82) is 0 Å². The summed E-state index contributed by atoms with van der Waals surface area (Å²) < 4.78 is 0. The highest BCUT2D eigenvalue weighted by Crippen LogP contribution is 1.64. The van der Waals surface area contributed by atoms with Crippen LogP contribution >= 0.6 is 0 Å². The zero-order chi connectivity index (χ0) is 4.99. The van der Waals surface area contributed by atoms with Crippen molar-refractivity contribution in [2.75, 3.05) is 7.05 Å². The minimum Gasteiger partial charge on any atom is -0.310 e. The van der Waals surface area contributed by atoms with Crippen molar-refractivity contribution < 1.29 is 4.79 Å². The summed E-state index contributed by atoms with van der Waals surface area (Å²) in [6.45, 7) is 1.74. The van der Waals surface area contributed by atoms with Gasteiger partial charge in [0.15, 0.2) is 0 Å². The van der Waals surface area contributed by atoms with Gasteiger partial charge in [-0.3, -0.25) is 4.79 Å². The zero-order valence-corrected chi connectivity index (χ0v) is 3.99. The smallest absolute Gasteiger partial charge is 0.216 e. The maximum absolute atomic E-state index is 9.55. The first-order valence-corrected chi connectivity index (χ1v) is 1.86. The van der Waals surface area contributed by atoms with Gasteiger partial charge in [-0.05, 0) is 14.0 Å². The highest BCUT2D eigenvalue weighted by molar-refractivity contribution is 5.57. The summed E-state index contributed by atoms with van der Waals surface area (Å²) in [5, 5.41) is 2.69. The first-order chi connectivity index (χ1) is 2.81. The van der Waals surface area contributed by atoms with Crippen molar-refractivity contribution in [3.05, 3.63) is 0 Å². The van der Waals surface area contributed by atoms with E-state index in [4.69, 9.17) is 0 Å². The van der Waals surface area contributed by atoms with E-state index < -0.39 is 0 Å². The van der Waals surface area contributed by atoms with Crippen LogP contribution in [-0.4, -0.2) is 19.4 Å². The Morgan fingerprint density at radius 1 is 1.83 bits per heavy atom. The van der Waals surface area contributed by atoms with Gasteiger partial charge in [0.2, 0.25) is 6.29 Å². The van der Waals surface area contributed by atoms with Gasteiger partial charge in [-0.25, -0.2) is 0 Å². The minimum atomic E-state index is -0.120. The largest absolute Gasteiger partial charge is 0.310 e. The zero-order valence-electron chi connectivity index (χ0n) is 3.99. The molecule has 35 valence electrons. The van der Waals surface area contributed by atoms with Gasteiger partial charge in [0.1, 0.15) is 0 Å². The Balaban J connectivity index is 2.96. The lowest BCUT2D eigenvalue weighted by Crippen LogP contribution is -2.21. The molecule has 0 heterocycles. The van der Waals surface area contributed by atoms with Crippen LogP contribution in [0.4, 0.5) is 0 Å². The third-order valence-electron chi connectivity index (χ3n) is 0.610. The predicted octanol–water partition coefficient (Wildman–Crippen LogP) is -0.296. The Hall–Kier alpha value is -0.370. The van der Waals surface area contributed by atoms with Gasteiger partial charge >= 0.3 is 0 Å². The number of nitrogens with one attached hydrogen (secondary N) is 1.